The van der Waals surface area contributed by atoms with Crippen molar-refractivity contribution in [3.63, 3.8) is 0 Å². The van der Waals surface area contributed by atoms with Crippen LogP contribution in [0.2, 0.25) is 0 Å². The number of ether oxygens (including phenoxy) is 2. The lowest BCUT2D eigenvalue weighted by molar-refractivity contribution is -0.149. The molecule has 0 aliphatic heterocycles. The fraction of sp³-hybridized carbons (Fsp3) is 0.500. The first-order chi connectivity index (χ1) is 10.2. The number of hydrogen-bond acceptors (Lipinski definition) is 5. The minimum absolute atomic E-state index is 0.00245. The maximum absolute atomic E-state index is 12.7. The van der Waals surface area contributed by atoms with Crippen molar-refractivity contribution in [3.8, 4) is 11.5 Å². The fourth-order valence-corrected chi connectivity index (χ4v) is 1.88. The van der Waals surface area contributed by atoms with E-state index in [1.54, 1.807) is 6.92 Å². The van der Waals surface area contributed by atoms with Gasteiger partial charge in [-0.1, -0.05) is 0 Å². The molecule has 1 rings (SSSR count). The van der Waals surface area contributed by atoms with Crippen molar-refractivity contribution in [2.24, 2.45) is 5.73 Å². The summed E-state index contributed by atoms with van der Waals surface area (Å²) in [5, 5.41) is 9.81. The van der Waals surface area contributed by atoms with Crippen LogP contribution in [0.25, 0.3) is 0 Å². The summed E-state index contributed by atoms with van der Waals surface area (Å²) in [4.78, 5) is 11.3. The Morgan fingerprint density at radius 2 is 2.05 bits per heavy atom. The Balaban J connectivity index is 3.07. The largest absolute Gasteiger partial charge is 0.504 e. The van der Waals surface area contributed by atoms with E-state index in [1.165, 1.54) is 13.2 Å². The van der Waals surface area contributed by atoms with Gasteiger partial charge < -0.3 is 20.3 Å². The Morgan fingerprint density at radius 3 is 2.55 bits per heavy atom. The van der Waals surface area contributed by atoms with Crippen molar-refractivity contribution < 1.29 is 32.5 Å². The highest BCUT2D eigenvalue weighted by molar-refractivity contribution is 5.69. The van der Waals surface area contributed by atoms with Gasteiger partial charge >= 0.3 is 12.1 Å². The van der Waals surface area contributed by atoms with Crippen LogP contribution in [0.4, 0.5) is 13.2 Å². The molecule has 0 fully saturated rings. The van der Waals surface area contributed by atoms with Gasteiger partial charge in [-0.15, -0.1) is 0 Å². The van der Waals surface area contributed by atoms with E-state index in [-0.39, 0.29) is 25.2 Å². The number of carbonyl (C=O) groups excluding carboxylic acids is 1. The second-order valence-corrected chi connectivity index (χ2v) is 4.56. The Labute approximate surface area is 125 Å². The van der Waals surface area contributed by atoms with Crippen LogP contribution in [0.1, 0.15) is 30.5 Å². The van der Waals surface area contributed by atoms with Crippen molar-refractivity contribution in [2.75, 3.05) is 13.7 Å². The molecule has 0 amide bonds. The topological polar surface area (TPSA) is 81.8 Å². The molecule has 0 bridgehead atoms. The number of phenols is 1. The third kappa shape index (κ3) is 4.52. The molecule has 0 saturated carbocycles. The maximum Gasteiger partial charge on any atom is 0.407 e. The summed E-state index contributed by atoms with van der Waals surface area (Å²) in [5.74, 6) is -1.25. The minimum Gasteiger partial charge on any atom is -0.504 e. The fourth-order valence-electron chi connectivity index (χ4n) is 1.88. The van der Waals surface area contributed by atoms with Crippen molar-refractivity contribution >= 4 is 5.97 Å². The molecular weight excluding hydrogens is 303 g/mol. The van der Waals surface area contributed by atoms with E-state index in [0.717, 1.165) is 6.07 Å². The summed E-state index contributed by atoms with van der Waals surface area (Å²) in [6.07, 6.45) is -4.56. The van der Waals surface area contributed by atoms with E-state index in [4.69, 9.17) is 15.2 Å². The van der Waals surface area contributed by atoms with Crippen LogP contribution in [0, 0.1) is 0 Å². The number of rotatable bonds is 6. The molecule has 22 heavy (non-hydrogen) atoms. The van der Waals surface area contributed by atoms with Crippen LogP contribution >= 0.6 is 0 Å². The third-order valence-corrected chi connectivity index (χ3v) is 2.99. The minimum atomic E-state index is -4.71. The highest BCUT2D eigenvalue weighted by Crippen LogP contribution is 2.40. The number of hydrogen-bond donors (Lipinski definition) is 2. The van der Waals surface area contributed by atoms with Gasteiger partial charge in [-0.25, -0.2) is 0 Å². The van der Waals surface area contributed by atoms with Gasteiger partial charge in [0.25, 0.3) is 0 Å². The summed E-state index contributed by atoms with van der Waals surface area (Å²) in [6.45, 7) is 1.88. The molecule has 0 unspecified atom stereocenters. The molecule has 0 heterocycles. The monoisotopic (exact) mass is 321 g/mol. The van der Waals surface area contributed by atoms with E-state index in [1.807, 2.05) is 0 Å². The number of benzene rings is 1. The lowest BCUT2D eigenvalue weighted by atomic mass is 9.99. The highest BCUT2D eigenvalue weighted by Gasteiger charge is 2.40. The maximum atomic E-state index is 12.7. The predicted octanol–water partition coefficient (Wildman–Crippen LogP) is 2.46. The lowest BCUT2D eigenvalue weighted by Gasteiger charge is -2.19. The van der Waals surface area contributed by atoms with Gasteiger partial charge in [-0.05, 0) is 31.0 Å². The zero-order valence-corrected chi connectivity index (χ0v) is 12.2. The molecular formula is C14H18F3NO4. The number of aryl methyl sites for hydroxylation is 1. The summed E-state index contributed by atoms with van der Waals surface area (Å²) in [6, 6.07) is 0.139. The third-order valence-electron chi connectivity index (χ3n) is 2.99. The first-order valence-corrected chi connectivity index (χ1v) is 6.58. The van der Waals surface area contributed by atoms with Crippen LogP contribution in [0.5, 0.6) is 11.5 Å². The first kappa shape index (κ1) is 18.1. The molecule has 8 heteroatoms. The summed E-state index contributed by atoms with van der Waals surface area (Å²) < 4.78 is 47.8. The van der Waals surface area contributed by atoms with Crippen LogP contribution in [0.3, 0.4) is 0 Å². The van der Waals surface area contributed by atoms with Crippen LogP contribution in [-0.4, -0.2) is 31.0 Å². The van der Waals surface area contributed by atoms with Crippen molar-refractivity contribution in [1.29, 1.82) is 0 Å². The zero-order valence-electron chi connectivity index (χ0n) is 12.2. The predicted molar refractivity (Wildman–Crippen MR) is 72.6 cm³/mol. The SMILES string of the molecule is CCOC(=O)CCc1cc(OC)c(O)c([C@H](N)C(F)(F)F)c1. The van der Waals surface area contributed by atoms with Crippen molar-refractivity contribution in [2.45, 2.75) is 32.0 Å². The number of methoxy groups -OCH3 is 1. The molecule has 0 radical (unpaired) electrons. The Hall–Kier alpha value is -1.96. The van der Waals surface area contributed by atoms with Gasteiger partial charge in [0.05, 0.1) is 13.7 Å². The highest BCUT2D eigenvalue weighted by atomic mass is 19.4. The molecule has 5 nitrogen and oxygen atoms in total. The van der Waals surface area contributed by atoms with Crippen molar-refractivity contribution in [3.05, 3.63) is 23.3 Å². The molecule has 0 aliphatic rings. The van der Waals surface area contributed by atoms with E-state index >= 15 is 0 Å². The van der Waals surface area contributed by atoms with Crippen LogP contribution in [-0.2, 0) is 16.0 Å². The summed E-state index contributed by atoms with van der Waals surface area (Å²) in [7, 11) is 1.22. The van der Waals surface area contributed by atoms with E-state index in [9.17, 15) is 23.1 Å². The molecule has 1 aromatic carbocycles. The number of alkyl halides is 3. The normalized spacial score (nSPS) is 12.8. The number of phenolic OH excluding ortho intramolecular Hbond substituents is 1. The summed E-state index contributed by atoms with van der Waals surface area (Å²) >= 11 is 0. The lowest BCUT2D eigenvalue weighted by Crippen LogP contribution is -2.28. The van der Waals surface area contributed by atoms with Gasteiger partial charge in [0.15, 0.2) is 11.5 Å². The molecule has 0 aromatic heterocycles. The van der Waals surface area contributed by atoms with Gasteiger partial charge in [-0.2, -0.15) is 13.2 Å². The second kappa shape index (κ2) is 7.35. The number of esters is 1. The van der Waals surface area contributed by atoms with E-state index < -0.39 is 29.5 Å². The molecule has 1 aromatic rings. The van der Waals surface area contributed by atoms with Crippen LogP contribution in [0.15, 0.2) is 12.1 Å². The molecule has 124 valence electrons. The molecule has 0 aliphatic carbocycles. The Morgan fingerprint density at radius 1 is 1.41 bits per heavy atom. The number of carbonyl (C=O) groups is 1. The Kier molecular flexibility index (Phi) is 6.04. The number of nitrogens with two attached hydrogens (primary N) is 1. The van der Waals surface area contributed by atoms with E-state index in [2.05, 4.69) is 0 Å². The van der Waals surface area contributed by atoms with Gasteiger partial charge in [0, 0.05) is 12.0 Å². The van der Waals surface area contributed by atoms with Gasteiger partial charge in [-0.3, -0.25) is 4.79 Å². The first-order valence-electron chi connectivity index (χ1n) is 6.58. The molecule has 3 N–H and O–H groups in total. The number of aromatic hydroxyl groups is 1. The zero-order chi connectivity index (χ0) is 16.9. The number of halogens is 3. The molecule has 1 atom stereocenters. The quantitative estimate of drug-likeness (QED) is 0.787. The van der Waals surface area contributed by atoms with Crippen LogP contribution < -0.4 is 10.5 Å². The van der Waals surface area contributed by atoms with Gasteiger partial charge in [0.2, 0.25) is 0 Å². The van der Waals surface area contributed by atoms with E-state index in [0.29, 0.717) is 5.56 Å². The standard InChI is InChI=1S/C14H18F3NO4/c1-3-22-11(19)5-4-8-6-9(13(18)14(15,16)17)12(20)10(7-8)21-2/h6-7,13,20H,3-5,18H2,1-2H3/t13-/m0/s1. The molecule has 0 spiro atoms. The second-order valence-electron chi connectivity index (χ2n) is 4.56. The summed E-state index contributed by atoms with van der Waals surface area (Å²) in [5.41, 5.74) is 5.03. The average molecular weight is 321 g/mol. The van der Waals surface area contributed by atoms with Crippen molar-refractivity contribution in [1.82, 2.24) is 0 Å². The van der Waals surface area contributed by atoms with Gasteiger partial charge in [0.1, 0.15) is 6.04 Å². The smallest absolute Gasteiger partial charge is 0.407 e. The Bertz CT molecular complexity index is 532. The molecule has 0 saturated heterocycles. The average Bonchev–Trinajstić information content (AvgIpc) is 2.44.